The van der Waals surface area contributed by atoms with Crippen LogP contribution in [0.3, 0.4) is 0 Å². The molecule has 1 saturated carbocycles. The Labute approximate surface area is 89.4 Å². The summed E-state index contributed by atoms with van der Waals surface area (Å²) in [7, 11) is 0. The zero-order chi connectivity index (χ0) is 10.1. The van der Waals surface area contributed by atoms with Crippen LogP contribution in [0.2, 0.25) is 0 Å². The van der Waals surface area contributed by atoms with Crippen molar-refractivity contribution in [1.29, 1.82) is 0 Å². The lowest BCUT2D eigenvalue weighted by atomic mass is 10.2. The molecule has 0 aromatic carbocycles. The number of nitrogens with zero attached hydrogens (tertiary/aromatic N) is 3. The predicted molar refractivity (Wildman–Crippen MR) is 56.4 cm³/mol. The largest absolute Gasteiger partial charge is 0.246 e. The zero-order valence-electron chi connectivity index (χ0n) is 8.70. The summed E-state index contributed by atoms with van der Waals surface area (Å²) in [5, 5.41) is 8.33. The molecule has 0 N–H and O–H groups in total. The smallest absolute Gasteiger partial charge is 0.101 e. The molecule has 1 aliphatic carbocycles. The van der Waals surface area contributed by atoms with Crippen molar-refractivity contribution in [3.05, 3.63) is 11.4 Å². The molecule has 1 heterocycles. The van der Waals surface area contributed by atoms with Crippen LogP contribution in [0.4, 0.5) is 0 Å². The van der Waals surface area contributed by atoms with Gasteiger partial charge >= 0.3 is 0 Å². The Morgan fingerprint density at radius 1 is 1.57 bits per heavy atom. The van der Waals surface area contributed by atoms with E-state index in [-0.39, 0.29) is 0 Å². The average Bonchev–Trinajstić information content (AvgIpc) is 2.77. The Kier molecular flexibility index (Phi) is 2.77. The van der Waals surface area contributed by atoms with E-state index < -0.39 is 0 Å². The summed E-state index contributed by atoms with van der Waals surface area (Å²) in [6, 6.07) is 0.584. The SMILES string of the molecule is CCCc1c(CCl)nnn1C1CC1C. The van der Waals surface area contributed by atoms with Gasteiger partial charge in [-0.05, 0) is 18.8 Å². The van der Waals surface area contributed by atoms with Gasteiger partial charge in [-0.25, -0.2) is 4.68 Å². The van der Waals surface area contributed by atoms with Gasteiger partial charge in [0, 0.05) is 0 Å². The number of rotatable bonds is 4. The van der Waals surface area contributed by atoms with Crippen molar-refractivity contribution in [2.24, 2.45) is 5.92 Å². The molecule has 2 rings (SSSR count). The van der Waals surface area contributed by atoms with Gasteiger partial charge in [-0.2, -0.15) is 0 Å². The number of alkyl halides is 1. The monoisotopic (exact) mass is 213 g/mol. The van der Waals surface area contributed by atoms with Crippen LogP contribution >= 0.6 is 11.6 Å². The van der Waals surface area contributed by atoms with Crippen LogP contribution in [-0.4, -0.2) is 15.0 Å². The standard InChI is InChI=1S/C10H16ClN3/c1-3-4-9-8(6-11)12-13-14(9)10-5-7(10)2/h7,10H,3-6H2,1-2H3. The summed E-state index contributed by atoms with van der Waals surface area (Å²) in [5.74, 6) is 1.24. The average molecular weight is 214 g/mol. The molecule has 3 nitrogen and oxygen atoms in total. The van der Waals surface area contributed by atoms with Gasteiger partial charge in [-0.15, -0.1) is 16.7 Å². The van der Waals surface area contributed by atoms with Crippen molar-refractivity contribution < 1.29 is 0 Å². The van der Waals surface area contributed by atoms with Gasteiger partial charge in [0.2, 0.25) is 0 Å². The molecule has 1 aromatic heterocycles. The van der Waals surface area contributed by atoms with Crippen molar-refractivity contribution >= 4 is 11.6 Å². The Morgan fingerprint density at radius 2 is 2.29 bits per heavy atom. The van der Waals surface area contributed by atoms with Gasteiger partial charge < -0.3 is 0 Å². The molecule has 0 aliphatic heterocycles. The van der Waals surface area contributed by atoms with Crippen molar-refractivity contribution in [1.82, 2.24) is 15.0 Å². The van der Waals surface area contributed by atoms with Crippen LogP contribution < -0.4 is 0 Å². The maximum Gasteiger partial charge on any atom is 0.101 e. The summed E-state index contributed by atoms with van der Waals surface area (Å²) in [4.78, 5) is 0. The highest BCUT2D eigenvalue weighted by molar-refractivity contribution is 6.16. The van der Waals surface area contributed by atoms with E-state index >= 15 is 0 Å². The predicted octanol–water partition coefficient (Wildman–Crippen LogP) is 2.55. The minimum Gasteiger partial charge on any atom is -0.246 e. The molecular formula is C10H16ClN3. The van der Waals surface area contributed by atoms with E-state index in [1.54, 1.807) is 0 Å². The number of hydrogen-bond acceptors (Lipinski definition) is 2. The Morgan fingerprint density at radius 3 is 2.79 bits per heavy atom. The van der Waals surface area contributed by atoms with Crippen LogP contribution in [-0.2, 0) is 12.3 Å². The zero-order valence-corrected chi connectivity index (χ0v) is 9.46. The fourth-order valence-corrected chi connectivity index (χ4v) is 2.06. The second kappa shape index (κ2) is 3.89. The molecule has 1 aliphatic rings. The van der Waals surface area contributed by atoms with Crippen LogP contribution in [0.5, 0.6) is 0 Å². The number of halogens is 1. The topological polar surface area (TPSA) is 30.7 Å². The molecule has 0 spiro atoms. The molecule has 1 aromatic rings. The van der Waals surface area contributed by atoms with Gasteiger partial charge in [-0.3, -0.25) is 0 Å². The summed E-state index contributed by atoms with van der Waals surface area (Å²) in [5.41, 5.74) is 2.21. The molecule has 14 heavy (non-hydrogen) atoms. The molecule has 0 amide bonds. The highest BCUT2D eigenvalue weighted by Crippen LogP contribution is 2.43. The first kappa shape index (κ1) is 9.97. The summed E-state index contributed by atoms with van der Waals surface area (Å²) in [6.07, 6.45) is 3.40. The van der Waals surface area contributed by atoms with E-state index in [1.807, 2.05) is 0 Å². The van der Waals surface area contributed by atoms with E-state index in [0.717, 1.165) is 24.5 Å². The van der Waals surface area contributed by atoms with E-state index in [9.17, 15) is 0 Å². The van der Waals surface area contributed by atoms with Crippen LogP contribution in [0.25, 0.3) is 0 Å². The quantitative estimate of drug-likeness (QED) is 0.720. The maximum absolute atomic E-state index is 5.83. The summed E-state index contributed by atoms with van der Waals surface area (Å²) < 4.78 is 2.09. The van der Waals surface area contributed by atoms with Crippen molar-refractivity contribution in [2.45, 2.75) is 45.0 Å². The van der Waals surface area contributed by atoms with Gasteiger partial charge in [0.25, 0.3) is 0 Å². The van der Waals surface area contributed by atoms with Crippen molar-refractivity contribution in [3.63, 3.8) is 0 Å². The van der Waals surface area contributed by atoms with Gasteiger partial charge in [-0.1, -0.05) is 25.5 Å². The molecule has 2 atom stereocenters. The van der Waals surface area contributed by atoms with Gasteiger partial charge in [0.15, 0.2) is 0 Å². The molecule has 2 unspecified atom stereocenters. The maximum atomic E-state index is 5.83. The fourth-order valence-electron chi connectivity index (χ4n) is 1.86. The van der Waals surface area contributed by atoms with Gasteiger partial charge in [0.05, 0.1) is 17.6 Å². The normalized spacial score (nSPS) is 25.4. The van der Waals surface area contributed by atoms with E-state index in [2.05, 4.69) is 28.8 Å². The second-order valence-electron chi connectivity index (χ2n) is 4.09. The van der Waals surface area contributed by atoms with Crippen LogP contribution in [0.1, 0.15) is 44.1 Å². The molecule has 1 fully saturated rings. The van der Waals surface area contributed by atoms with Crippen LogP contribution in [0.15, 0.2) is 0 Å². The first-order valence-corrected chi connectivity index (χ1v) is 5.80. The lowest BCUT2D eigenvalue weighted by molar-refractivity contribution is 0.552. The number of hydrogen-bond donors (Lipinski definition) is 0. The molecule has 4 heteroatoms. The summed E-state index contributed by atoms with van der Waals surface area (Å²) in [6.45, 7) is 4.42. The first-order valence-electron chi connectivity index (χ1n) is 5.26. The third kappa shape index (κ3) is 1.65. The summed E-state index contributed by atoms with van der Waals surface area (Å²) >= 11 is 5.83. The fraction of sp³-hybridized carbons (Fsp3) is 0.800. The Hall–Kier alpha value is -0.570. The Balaban J connectivity index is 2.25. The minimum atomic E-state index is 0.483. The highest BCUT2D eigenvalue weighted by atomic mass is 35.5. The molecule has 78 valence electrons. The third-order valence-electron chi connectivity index (χ3n) is 2.87. The van der Waals surface area contributed by atoms with E-state index in [4.69, 9.17) is 11.6 Å². The van der Waals surface area contributed by atoms with Gasteiger partial charge in [0.1, 0.15) is 5.69 Å². The Bertz CT molecular complexity index is 321. The lowest BCUT2D eigenvalue weighted by Crippen LogP contribution is -2.04. The molecule has 0 saturated heterocycles. The van der Waals surface area contributed by atoms with Crippen molar-refractivity contribution in [2.75, 3.05) is 0 Å². The minimum absolute atomic E-state index is 0.483. The highest BCUT2D eigenvalue weighted by Gasteiger charge is 2.37. The van der Waals surface area contributed by atoms with Crippen molar-refractivity contribution in [3.8, 4) is 0 Å². The first-order chi connectivity index (χ1) is 6.77. The number of aromatic nitrogens is 3. The van der Waals surface area contributed by atoms with E-state index in [0.29, 0.717) is 11.9 Å². The molecule has 0 radical (unpaired) electrons. The van der Waals surface area contributed by atoms with E-state index in [1.165, 1.54) is 12.1 Å². The molecular weight excluding hydrogens is 198 g/mol. The third-order valence-corrected chi connectivity index (χ3v) is 3.12. The molecule has 0 bridgehead atoms. The lowest BCUT2D eigenvalue weighted by Gasteiger charge is -2.04. The van der Waals surface area contributed by atoms with Crippen LogP contribution in [0, 0.1) is 5.92 Å². The second-order valence-corrected chi connectivity index (χ2v) is 4.36.